The number of piperidine rings is 1. The van der Waals surface area contributed by atoms with Crippen LogP contribution in [0.5, 0.6) is 0 Å². The van der Waals surface area contributed by atoms with Gasteiger partial charge in [-0.1, -0.05) is 0 Å². The fourth-order valence-electron chi connectivity index (χ4n) is 2.12. The van der Waals surface area contributed by atoms with Crippen molar-refractivity contribution in [2.75, 3.05) is 13.1 Å². The van der Waals surface area contributed by atoms with Crippen LogP contribution in [0.15, 0.2) is 6.07 Å². The monoisotopic (exact) mass is 229 g/mol. The molecule has 1 N–H and O–H groups in total. The molecule has 16 heavy (non-hydrogen) atoms. The average molecular weight is 229 g/mol. The lowest BCUT2D eigenvalue weighted by Crippen LogP contribution is -2.29. The van der Waals surface area contributed by atoms with Gasteiger partial charge in [0.05, 0.1) is 0 Å². The van der Waals surface area contributed by atoms with Crippen LogP contribution < -0.4 is 5.32 Å². The summed E-state index contributed by atoms with van der Waals surface area (Å²) in [5.41, 5.74) is -0.0854. The minimum absolute atomic E-state index is 0.127. The normalized spacial score (nSPS) is 21.1. The van der Waals surface area contributed by atoms with Gasteiger partial charge in [0, 0.05) is 12.1 Å². The van der Waals surface area contributed by atoms with E-state index in [1.165, 1.54) is 6.92 Å². The summed E-state index contributed by atoms with van der Waals surface area (Å²) in [6.07, 6.45) is 1.67. The zero-order chi connectivity index (χ0) is 11.7. The van der Waals surface area contributed by atoms with Crippen LogP contribution in [0.4, 0.5) is 13.2 Å². The lowest BCUT2D eigenvalue weighted by Gasteiger charge is -2.24. The standard InChI is InChI=1S/C12H14F3N/c1-7-10(13)5-9(12(15)11(7)14)8-3-2-4-16-6-8/h5,8,16H,2-4,6H2,1H3. The second-order valence-electron chi connectivity index (χ2n) is 4.24. The molecule has 1 aromatic rings. The maximum absolute atomic E-state index is 13.7. The molecule has 1 saturated heterocycles. The van der Waals surface area contributed by atoms with Gasteiger partial charge in [-0.05, 0) is 43.9 Å². The van der Waals surface area contributed by atoms with Crippen LogP contribution in [0.2, 0.25) is 0 Å². The maximum Gasteiger partial charge on any atom is 0.164 e. The Morgan fingerprint density at radius 3 is 2.62 bits per heavy atom. The average Bonchev–Trinajstić information content (AvgIpc) is 2.32. The highest BCUT2D eigenvalue weighted by Gasteiger charge is 2.23. The fraction of sp³-hybridized carbons (Fsp3) is 0.500. The Morgan fingerprint density at radius 1 is 1.25 bits per heavy atom. The molecular weight excluding hydrogens is 215 g/mol. The molecule has 0 spiro atoms. The van der Waals surface area contributed by atoms with Crippen molar-refractivity contribution in [2.24, 2.45) is 0 Å². The van der Waals surface area contributed by atoms with Gasteiger partial charge < -0.3 is 5.32 Å². The Balaban J connectivity index is 2.40. The van der Waals surface area contributed by atoms with E-state index in [4.69, 9.17) is 0 Å². The molecule has 1 fully saturated rings. The smallest absolute Gasteiger partial charge is 0.164 e. The summed E-state index contributed by atoms with van der Waals surface area (Å²) in [4.78, 5) is 0. The zero-order valence-corrected chi connectivity index (χ0v) is 9.12. The molecule has 2 rings (SSSR count). The van der Waals surface area contributed by atoms with Gasteiger partial charge in [0.15, 0.2) is 11.6 Å². The number of rotatable bonds is 1. The van der Waals surface area contributed by atoms with Crippen LogP contribution >= 0.6 is 0 Å². The molecule has 1 aromatic carbocycles. The van der Waals surface area contributed by atoms with E-state index in [1.54, 1.807) is 0 Å². The van der Waals surface area contributed by atoms with Crippen molar-refractivity contribution in [1.29, 1.82) is 0 Å². The van der Waals surface area contributed by atoms with Crippen molar-refractivity contribution in [3.63, 3.8) is 0 Å². The Hall–Kier alpha value is -1.03. The summed E-state index contributed by atoms with van der Waals surface area (Å²) >= 11 is 0. The van der Waals surface area contributed by atoms with Gasteiger partial charge in [-0.3, -0.25) is 0 Å². The molecule has 1 aliphatic rings. The quantitative estimate of drug-likeness (QED) is 0.730. The Bertz CT molecular complexity index is 398. The van der Waals surface area contributed by atoms with Crippen molar-refractivity contribution in [2.45, 2.75) is 25.7 Å². The van der Waals surface area contributed by atoms with E-state index in [1.807, 2.05) is 0 Å². The van der Waals surface area contributed by atoms with Crippen LogP contribution in [0.3, 0.4) is 0 Å². The maximum atomic E-state index is 13.7. The second kappa shape index (κ2) is 4.45. The molecule has 0 saturated carbocycles. The lowest BCUT2D eigenvalue weighted by atomic mass is 9.90. The Labute approximate surface area is 92.7 Å². The van der Waals surface area contributed by atoms with Crippen molar-refractivity contribution < 1.29 is 13.2 Å². The van der Waals surface area contributed by atoms with E-state index < -0.39 is 17.5 Å². The first-order valence-corrected chi connectivity index (χ1v) is 5.46. The highest BCUT2D eigenvalue weighted by Crippen LogP contribution is 2.29. The molecule has 0 radical (unpaired) electrons. The summed E-state index contributed by atoms with van der Waals surface area (Å²) < 4.78 is 40.4. The Kier molecular flexibility index (Phi) is 3.19. The molecule has 1 heterocycles. The highest BCUT2D eigenvalue weighted by molar-refractivity contribution is 5.30. The van der Waals surface area contributed by atoms with Crippen LogP contribution in [-0.4, -0.2) is 13.1 Å². The number of hydrogen-bond donors (Lipinski definition) is 1. The third kappa shape index (κ3) is 1.94. The second-order valence-corrected chi connectivity index (χ2v) is 4.24. The van der Waals surface area contributed by atoms with Crippen LogP contribution in [0.1, 0.15) is 29.9 Å². The van der Waals surface area contributed by atoms with Gasteiger partial charge in [0.2, 0.25) is 0 Å². The largest absolute Gasteiger partial charge is 0.316 e. The van der Waals surface area contributed by atoms with Gasteiger partial charge in [-0.2, -0.15) is 0 Å². The summed E-state index contributed by atoms with van der Waals surface area (Å²) in [6.45, 7) is 2.71. The predicted octanol–water partition coefficient (Wildman–Crippen LogP) is 2.88. The van der Waals surface area contributed by atoms with E-state index in [0.717, 1.165) is 25.5 Å². The van der Waals surface area contributed by atoms with Crippen molar-refractivity contribution in [3.05, 3.63) is 34.6 Å². The number of benzene rings is 1. The molecule has 1 atom stereocenters. The molecule has 0 amide bonds. The molecule has 4 heteroatoms. The Morgan fingerprint density at radius 2 is 2.00 bits per heavy atom. The molecule has 1 aliphatic heterocycles. The van der Waals surface area contributed by atoms with Gasteiger partial charge in [0.25, 0.3) is 0 Å². The number of hydrogen-bond acceptors (Lipinski definition) is 1. The van der Waals surface area contributed by atoms with Crippen LogP contribution in [-0.2, 0) is 0 Å². The van der Waals surface area contributed by atoms with Crippen molar-refractivity contribution in [3.8, 4) is 0 Å². The first-order valence-electron chi connectivity index (χ1n) is 5.46. The molecule has 88 valence electrons. The van der Waals surface area contributed by atoms with E-state index in [-0.39, 0.29) is 17.0 Å². The van der Waals surface area contributed by atoms with Gasteiger partial charge in [-0.15, -0.1) is 0 Å². The van der Waals surface area contributed by atoms with E-state index in [0.29, 0.717) is 6.54 Å². The topological polar surface area (TPSA) is 12.0 Å². The molecule has 1 nitrogen and oxygen atoms in total. The van der Waals surface area contributed by atoms with Crippen LogP contribution in [0.25, 0.3) is 0 Å². The first kappa shape index (κ1) is 11.5. The summed E-state index contributed by atoms with van der Waals surface area (Å²) in [6, 6.07) is 1.13. The third-order valence-electron chi connectivity index (χ3n) is 3.15. The lowest BCUT2D eigenvalue weighted by molar-refractivity contribution is 0.422. The summed E-state index contributed by atoms with van der Waals surface area (Å²) in [5, 5.41) is 3.10. The number of nitrogens with one attached hydrogen (secondary N) is 1. The van der Waals surface area contributed by atoms with Gasteiger partial charge >= 0.3 is 0 Å². The first-order chi connectivity index (χ1) is 7.61. The number of halogens is 3. The van der Waals surface area contributed by atoms with E-state index >= 15 is 0 Å². The molecular formula is C12H14F3N. The minimum Gasteiger partial charge on any atom is -0.316 e. The van der Waals surface area contributed by atoms with E-state index in [9.17, 15) is 13.2 Å². The highest BCUT2D eigenvalue weighted by atomic mass is 19.2. The summed E-state index contributed by atoms with van der Waals surface area (Å²) in [5.74, 6) is -2.74. The van der Waals surface area contributed by atoms with Crippen LogP contribution in [0, 0.1) is 24.4 Å². The fourth-order valence-corrected chi connectivity index (χ4v) is 2.12. The third-order valence-corrected chi connectivity index (χ3v) is 3.15. The zero-order valence-electron chi connectivity index (χ0n) is 9.12. The van der Waals surface area contributed by atoms with Gasteiger partial charge in [-0.25, -0.2) is 13.2 Å². The minimum atomic E-state index is -1.06. The molecule has 0 aliphatic carbocycles. The van der Waals surface area contributed by atoms with Crippen molar-refractivity contribution in [1.82, 2.24) is 5.32 Å². The SMILES string of the molecule is Cc1c(F)cc(C2CCCNC2)c(F)c1F. The molecule has 0 bridgehead atoms. The van der Waals surface area contributed by atoms with E-state index in [2.05, 4.69) is 5.32 Å². The van der Waals surface area contributed by atoms with Crippen molar-refractivity contribution >= 4 is 0 Å². The predicted molar refractivity (Wildman–Crippen MR) is 55.9 cm³/mol. The van der Waals surface area contributed by atoms with Gasteiger partial charge in [0.1, 0.15) is 5.82 Å². The molecule has 0 aromatic heterocycles. The summed E-state index contributed by atoms with van der Waals surface area (Å²) in [7, 11) is 0. The molecule has 1 unspecified atom stereocenters.